The molecule has 0 bridgehead atoms. The first-order chi connectivity index (χ1) is 10.1. The van der Waals surface area contributed by atoms with E-state index in [1.165, 1.54) is 38.5 Å². The van der Waals surface area contributed by atoms with Crippen LogP contribution in [0, 0.1) is 0 Å². The first-order valence-electron chi connectivity index (χ1n) is 6.11. The zero-order chi connectivity index (χ0) is 15.1. The van der Waals surface area contributed by atoms with Crippen molar-refractivity contribution in [3.8, 4) is 23.0 Å². The van der Waals surface area contributed by atoms with Gasteiger partial charge in [0.2, 0.25) is 5.43 Å². The zero-order valence-corrected chi connectivity index (χ0v) is 11.3. The summed E-state index contributed by atoms with van der Waals surface area (Å²) in [6.07, 6.45) is 0. The van der Waals surface area contributed by atoms with Gasteiger partial charge in [0.25, 0.3) is 0 Å². The van der Waals surface area contributed by atoms with Crippen LogP contribution in [0.4, 0.5) is 0 Å². The van der Waals surface area contributed by atoms with Crippen molar-refractivity contribution in [3.05, 3.63) is 34.5 Å². The van der Waals surface area contributed by atoms with Crippen LogP contribution in [-0.2, 0) is 0 Å². The standard InChI is InChI=1S/C15H12O6/c1-19-8-4-3-7(16)15-12(8)14(18)11-9(21-15)5-6-10(20-2)13(11)17/h3-6,16-17H,1-2H3. The Kier molecular flexibility index (Phi) is 2.86. The van der Waals surface area contributed by atoms with Crippen molar-refractivity contribution in [1.29, 1.82) is 0 Å². The van der Waals surface area contributed by atoms with Crippen LogP contribution in [0.1, 0.15) is 0 Å². The van der Waals surface area contributed by atoms with E-state index in [1.54, 1.807) is 0 Å². The van der Waals surface area contributed by atoms with E-state index in [1.807, 2.05) is 0 Å². The van der Waals surface area contributed by atoms with Crippen LogP contribution in [0.25, 0.3) is 21.9 Å². The molecule has 2 aromatic carbocycles. The molecule has 21 heavy (non-hydrogen) atoms. The Bertz CT molecular complexity index is 910. The summed E-state index contributed by atoms with van der Waals surface area (Å²) >= 11 is 0. The second-order valence-electron chi connectivity index (χ2n) is 4.41. The number of rotatable bonds is 2. The Hall–Kier alpha value is -2.89. The fourth-order valence-corrected chi connectivity index (χ4v) is 2.30. The molecule has 1 aromatic heterocycles. The van der Waals surface area contributed by atoms with Crippen molar-refractivity contribution in [2.75, 3.05) is 14.2 Å². The highest BCUT2D eigenvalue weighted by Gasteiger charge is 2.19. The largest absolute Gasteiger partial charge is 0.504 e. The first-order valence-corrected chi connectivity index (χ1v) is 6.11. The SMILES string of the molecule is COc1ccc2oc3c(O)ccc(OC)c3c(=O)c2c1O. The Balaban J connectivity index is 2.60. The summed E-state index contributed by atoms with van der Waals surface area (Å²) in [6, 6.07) is 5.80. The molecule has 6 nitrogen and oxygen atoms in total. The van der Waals surface area contributed by atoms with Crippen LogP contribution in [0.3, 0.4) is 0 Å². The van der Waals surface area contributed by atoms with E-state index >= 15 is 0 Å². The molecule has 1 heterocycles. The van der Waals surface area contributed by atoms with Crippen LogP contribution < -0.4 is 14.9 Å². The van der Waals surface area contributed by atoms with Crippen molar-refractivity contribution in [3.63, 3.8) is 0 Å². The van der Waals surface area contributed by atoms with E-state index in [0.29, 0.717) is 0 Å². The zero-order valence-electron chi connectivity index (χ0n) is 11.3. The number of fused-ring (bicyclic) bond motifs is 2. The summed E-state index contributed by atoms with van der Waals surface area (Å²) in [4.78, 5) is 12.6. The monoisotopic (exact) mass is 288 g/mol. The summed E-state index contributed by atoms with van der Waals surface area (Å²) in [5, 5.41) is 20.0. The van der Waals surface area contributed by atoms with Crippen LogP contribution in [0.2, 0.25) is 0 Å². The molecule has 0 aliphatic heterocycles. The van der Waals surface area contributed by atoms with Crippen LogP contribution in [0.5, 0.6) is 23.0 Å². The van der Waals surface area contributed by atoms with Crippen LogP contribution in [0.15, 0.2) is 33.5 Å². The lowest BCUT2D eigenvalue weighted by atomic mass is 10.1. The number of methoxy groups -OCH3 is 2. The number of aromatic hydroxyl groups is 2. The third-order valence-electron chi connectivity index (χ3n) is 3.31. The minimum atomic E-state index is -0.504. The predicted octanol–water partition coefficient (Wildman–Crippen LogP) is 2.37. The predicted molar refractivity (Wildman–Crippen MR) is 76.4 cm³/mol. The molecule has 0 radical (unpaired) electrons. The molecule has 0 unspecified atom stereocenters. The number of phenols is 2. The van der Waals surface area contributed by atoms with Crippen molar-refractivity contribution in [2.45, 2.75) is 0 Å². The molecular weight excluding hydrogens is 276 g/mol. The minimum absolute atomic E-state index is 0.0106. The molecule has 0 saturated heterocycles. The highest BCUT2D eigenvalue weighted by atomic mass is 16.5. The van der Waals surface area contributed by atoms with E-state index in [0.717, 1.165) is 0 Å². The molecule has 0 saturated carbocycles. The van der Waals surface area contributed by atoms with Crippen molar-refractivity contribution >= 4 is 21.9 Å². The lowest BCUT2D eigenvalue weighted by molar-refractivity contribution is 0.376. The van der Waals surface area contributed by atoms with Crippen LogP contribution in [-0.4, -0.2) is 24.4 Å². The molecule has 0 amide bonds. The van der Waals surface area contributed by atoms with Gasteiger partial charge in [-0.3, -0.25) is 4.79 Å². The van der Waals surface area contributed by atoms with Crippen molar-refractivity contribution < 1.29 is 24.1 Å². The Morgan fingerprint density at radius 3 is 2.29 bits per heavy atom. The molecule has 0 aliphatic carbocycles. The van der Waals surface area contributed by atoms with E-state index in [2.05, 4.69) is 0 Å². The normalized spacial score (nSPS) is 11.0. The van der Waals surface area contributed by atoms with Gasteiger partial charge < -0.3 is 24.1 Å². The number of phenolic OH excluding ortho intramolecular Hbond substituents is 2. The highest BCUT2D eigenvalue weighted by molar-refractivity contribution is 5.98. The number of benzene rings is 2. The fourth-order valence-electron chi connectivity index (χ4n) is 2.30. The maximum Gasteiger partial charge on any atom is 0.208 e. The summed E-state index contributed by atoms with van der Waals surface area (Å²) < 4.78 is 15.6. The lowest BCUT2D eigenvalue weighted by Gasteiger charge is -2.09. The van der Waals surface area contributed by atoms with Gasteiger partial charge in [-0.2, -0.15) is 0 Å². The summed E-state index contributed by atoms with van der Waals surface area (Å²) in [7, 11) is 2.79. The maximum atomic E-state index is 12.6. The first kappa shape index (κ1) is 13.1. The fraction of sp³-hybridized carbons (Fsp3) is 0.133. The number of hydrogen-bond acceptors (Lipinski definition) is 6. The molecule has 3 rings (SSSR count). The summed E-state index contributed by atoms with van der Waals surface area (Å²) in [5.41, 5.74) is -0.346. The Morgan fingerprint density at radius 2 is 1.62 bits per heavy atom. The van der Waals surface area contributed by atoms with E-state index in [4.69, 9.17) is 13.9 Å². The van der Waals surface area contributed by atoms with Gasteiger partial charge in [0.15, 0.2) is 22.8 Å². The van der Waals surface area contributed by atoms with Gasteiger partial charge in [-0.1, -0.05) is 0 Å². The van der Waals surface area contributed by atoms with Crippen molar-refractivity contribution in [1.82, 2.24) is 0 Å². The van der Waals surface area contributed by atoms with Gasteiger partial charge in [0.05, 0.1) is 14.2 Å². The molecule has 108 valence electrons. The lowest BCUT2D eigenvalue weighted by Crippen LogP contribution is -2.05. The Labute approximate surface area is 118 Å². The maximum absolute atomic E-state index is 12.6. The molecular formula is C15H12O6. The molecule has 2 N–H and O–H groups in total. The molecule has 0 fully saturated rings. The number of ether oxygens (including phenoxy) is 2. The van der Waals surface area contributed by atoms with Crippen molar-refractivity contribution in [2.24, 2.45) is 0 Å². The second kappa shape index (κ2) is 4.59. The Morgan fingerprint density at radius 1 is 0.952 bits per heavy atom. The summed E-state index contributed by atoms with van der Waals surface area (Å²) in [5.74, 6) is -0.0786. The van der Waals surface area contributed by atoms with E-state index in [-0.39, 0.29) is 44.9 Å². The van der Waals surface area contributed by atoms with Gasteiger partial charge in [-0.15, -0.1) is 0 Å². The van der Waals surface area contributed by atoms with Gasteiger partial charge in [0, 0.05) is 0 Å². The van der Waals surface area contributed by atoms with Gasteiger partial charge in [-0.05, 0) is 24.3 Å². The smallest absolute Gasteiger partial charge is 0.208 e. The molecule has 0 aliphatic rings. The number of hydrogen-bond donors (Lipinski definition) is 2. The average Bonchev–Trinajstić information content (AvgIpc) is 2.48. The molecule has 0 atom stereocenters. The van der Waals surface area contributed by atoms with Gasteiger partial charge in [0.1, 0.15) is 22.1 Å². The van der Waals surface area contributed by atoms with Gasteiger partial charge in [-0.25, -0.2) is 0 Å². The van der Waals surface area contributed by atoms with Crippen LogP contribution >= 0.6 is 0 Å². The summed E-state index contributed by atoms with van der Waals surface area (Å²) in [6.45, 7) is 0. The topological polar surface area (TPSA) is 89.1 Å². The highest BCUT2D eigenvalue weighted by Crippen LogP contribution is 2.37. The van der Waals surface area contributed by atoms with E-state index in [9.17, 15) is 15.0 Å². The second-order valence-corrected chi connectivity index (χ2v) is 4.41. The molecule has 3 aromatic rings. The molecule has 6 heteroatoms. The molecule has 0 spiro atoms. The third-order valence-corrected chi connectivity index (χ3v) is 3.31. The third kappa shape index (κ3) is 1.76. The average molecular weight is 288 g/mol. The quantitative estimate of drug-likeness (QED) is 0.704. The minimum Gasteiger partial charge on any atom is -0.504 e. The van der Waals surface area contributed by atoms with Gasteiger partial charge >= 0.3 is 0 Å². The van der Waals surface area contributed by atoms with E-state index < -0.39 is 5.43 Å².